The van der Waals surface area contributed by atoms with Crippen molar-refractivity contribution >= 4 is 28.1 Å². The van der Waals surface area contributed by atoms with E-state index in [1.54, 1.807) is 11.3 Å². The number of para-hydroxylation sites is 1. The van der Waals surface area contributed by atoms with Crippen LogP contribution >= 0.6 is 11.3 Å². The number of nitrogens with zero attached hydrogens (tertiary/aromatic N) is 1. The van der Waals surface area contributed by atoms with Crippen molar-refractivity contribution in [2.24, 2.45) is 0 Å². The quantitative estimate of drug-likeness (QED) is 0.761. The maximum absolute atomic E-state index is 12.1. The highest BCUT2D eigenvalue weighted by Crippen LogP contribution is 2.31. The van der Waals surface area contributed by atoms with E-state index in [1.807, 2.05) is 18.2 Å². The molecule has 0 aliphatic carbocycles. The average molecular weight is 298 g/mol. The zero-order chi connectivity index (χ0) is 14.7. The fraction of sp³-hybridized carbons (Fsp3) is 0.235. The monoisotopic (exact) mass is 298 g/mol. The molecule has 0 spiro atoms. The van der Waals surface area contributed by atoms with Crippen molar-refractivity contribution in [2.45, 2.75) is 19.9 Å². The lowest BCUT2D eigenvalue weighted by atomic mass is 10.2. The average Bonchev–Trinajstić information content (AvgIpc) is 3.13. The van der Waals surface area contributed by atoms with Crippen LogP contribution in [0, 0.1) is 0 Å². The second-order valence-electron chi connectivity index (χ2n) is 5.00. The lowest BCUT2D eigenvalue weighted by molar-refractivity contribution is -0.121. The van der Waals surface area contributed by atoms with Gasteiger partial charge in [-0.15, -0.1) is 11.3 Å². The number of nitrogens with one attached hydrogen (secondary N) is 1. The van der Waals surface area contributed by atoms with Gasteiger partial charge >= 0.3 is 0 Å². The summed E-state index contributed by atoms with van der Waals surface area (Å²) in [5, 5.41) is 6.19. The Bertz CT molecular complexity index is 743. The highest BCUT2D eigenvalue weighted by Gasteiger charge is 2.13. The highest BCUT2D eigenvalue weighted by molar-refractivity contribution is 7.13. The summed E-state index contributed by atoms with van der Waals surface area (Å²) in [4.78, 5) is 13.3. The summed E-state index contributed by atoms with van der Waals surface area (Å²) >= 11 is 1.70. The number of benzene rings is 1. The molecule has 1 N–H and O–H groups in total. The molecule has 1 amide bonds. The summed E-state index contributed by atoms with van der Waals surface area (Å²) in [6.45, 7) is 3.15. The van der Waals surface area contributed by atoms with Crippen molar-refractivity contribution in [2.75, 3.05) is 6.54 Å². The largest absolute Gasteiger partial charge is 0.355 e. The van der Waals surface area contributed by atoms with Crippen LogP contribution in [0.3, 0.4) is 0 Å². The van der Waals surface area contributed by atoms with Crippen LogP contribution in [0.5, 0.6) is 0 Å². The molecule has 0 fully saturated rings. The normalized spacial score (nSPS) is 10.9. The van der Waals surface area contributed by atoms with Crippen molar-refractivity contribution in [1.29, 1.82) is 0 Å². The fourth-order valence-corrected chi connectivity index (χ4v) is 3.22. The summed E-state index contributed by atoms with van der Waals surface area (Å²) < 4.78 is 2.10. The molecule has 0 aliphatic rings. The Morgan fingerprint density at radius 1 is 1.24 bits per heavy atom. The Hall–Kier alpha value is -2.07. The summed E-state index contributed by atoms with van der Waals surface area (Å²) in [6.07, 6.45) is 0.954. The van der Waals surface area contributed by atoms with E-state index in [2.05, 4.69) is 46.5 Å². The van der Waals surface area contributed by atoms with Gasteiger partial charge in [0.25, 0.3) is 0 Å². The number of hydrogen-bond acceptors (Lipinski definition) is 2. The van der Waals surface area contributed by atoms with E-state index >= 15 is 0 Å². The van der Waals surface area contributed by atoms with Gasteiger partial charge in [-0.2, -0.15) is 0 Å². The number of rotatable bonds is 5. The van der Waals surface area contributed by atoms with Gasteiger partial charge in [-0.3, -0.25) is 4.79 Å². The fourth-order valence-electron chi connectivity index (χ4n) is 2.47. The van der Waals surface area contributed by atoms with Crippen LogP contribution in [-0.4, -0.2) is 17.0 Å². The molecule has 1 aromatic carbocycles. The minimum absolute atomic E-state index is 0.0657. The Kier molecular flexibility index (Phi) is 4.06. The Morgan fingerprint density at radius 2 is 2.10 bits per heavy atom. The van der Waals surface area contributed by atoms with Gasteiger partial charge in [0.2, 0.25) is 5.91 Å². The summed E-state index contributed by atoms with van der Waals surface area (Å²) in [7, 11) is 0. The third kappa shape index (κ3) is 2.85. The first kappa shape index (κ1) is 13.9. The number of fused-ring (bicyclic) bond motifs is 1. The molecule has 0 saturated heterocycles. The zero-order valence-corrected chi connectivity index (χ0v) is 12.8. The molecular formula is C17H18N2OS. The van der Waals surface area contributed by atoms with Crippen LogP contribution in [0.15, 0.2) is 47.8 Å². The molecule has 3 aromatic rings. The first-order chi connectivity index (χ1) is 10.3. The molecule has 0 aliphatic heterocycles. The minimum Gasteiger partial charge on any atom is -0.355 e. The van der Waals surface area contributed by atoms with Crippen LogP contribution in [0.1, 0.15) is 13.3 Å². The number of hydrogen-bond donors (Lipinski definition) is 1. The Morgan fingerprint density at radius 3 is 2.86 bits per heavy atom. The van der Waals surface area contributed by atoms with Crippen molar-refractivity contribution in [3.8, 4) is 10.6 Å². The first-order valence-corrected chi connectivity index (χ1v) is 8.06. The van der Waals surface area contributed by atoms with E-state index < -0.39 is 0 Å². The molecular weight excluding hydrogens is 280 g/mol. The molecule has 21 heavy (non-hydrogen) atoms. The molecule has 2 heterocycles. The van der Waals surface area contributed by atoms with Crippen LogP contribution in [0.25, 0.3) is 21.5 Å². The number of thiophene rings is 1. The maximum Gasteiger partial charge on any atom is 0.239 e. The van der Waals surface area contributed by atoms with Crippen molar-refractivity contribution in [3.05, 3.63) is 47.8 Å². The van der Waals surface area contributed by atoms with Gasteiger partial charge in [-0.05, 0) is 30.0 Å². The van der Waals surface area contributed by atoms with E-state index in [9.17, 15) is 4.79 Å². The smallest absolute Gasteiger partial charge is 0.239 e. The van der Waals surface area contributed by atoms with Crippen molar-refractivity contribution in [1.82, 2.24) is 9.88 Å². The van der Waals surface area contributed by atoms with E-state index in [4.69, 9.17) is 0 Å². The zero-order valence-electron chi connectivity index (χ0n) is 12.0. The number of carbonyl (C=O) groups excluding carboxylic acids is 1. The maximum atomic E-state index is 12.1. The SMILES string of the molecule is CCCNC(=O)Cn1c(-c2cccs2)cc2ccccc21. The molecule has 4 heteroatoms. The first-order valence-electron chi connectivity index (χ1n) is 7.18. The van der Waals surface area contributed by atoms with Gasteiger partial charge in [0.05, 0.1) is 10.6 Å². The van der Waals surface area contributed by atoms with Crippen LogP contribution in [0.4, 0.5) is 0 Å². The highest BCUT2D eigenvalue weighted by atomic mass is 32.1. The van der Waals surface area contributed by atoms with Crippen LogP contribution < -0.4 is 5.32 Å². The van der Waals surface area contributed by atoms with Gasteiger partial charge < -0.3 is 9.88 Å². The molecule has 0 bridgehead atoms. The standard InChI is InChI=1S/C17H18N2OS/c1-2-9-18-17(20)12-19-14-7-4-3-6-13(14)11-15(19)16-8-5-10-21-16/h3-8,10-11H,2,9,12H2,1H3,(H,18,20). The second-order valence-corrected chi connectivity index (χ2v) is 5.95. The molecule has 0 radical (unpaired) electrons. The minimum atomic E-state index is 0.0657. The van der Waals surface area contributed by atoms with Gasteiger partial charge in [-0.1, -0.05) is 31.2 Å². The third-order valence-corrected chi connectivity index (χ3v) is 4.35. The van der Waals surface area contributed by atoms with Gasteiger partial charge in [0.1, 0.15) is 6.54 Å². The van der Waals surface area contributed by atoms with Crippen molar-refractivity contribution < 1.29 is 4.79 Å². The Labute approximate surface area is 128 Å². The predicted octanol–water partition coefficient (Wildman–Crippen LogP) is 3.90. The topological polar surface area (TPSA) is 34.0 Å². The summed E-state index contributed by atoms with van der Waals surface area (Å²) in [6, 6.07) is 14.5. The second kappa shape index (κ2) is 6.14. The third-order valence-electron chi connectivity index (χ3n) is 3.46. The molecule has 3 nitrogen and oxygen atoms in total. The number of carbonyl (C=O) groups is 1. The summed E-state index contributed by atoms with van der Waals surface area (Å²) in [5.74, 6) is 0.0657. The Balaban J connectivity index is 2.02. The lowest BCUT2D eigenvalue weighted by Crippen LogP contribution is -2.28. The van der Waals surface area contributed by atoms with Crippen LogP contribution in [0.2, 0.25) is 0 Å². The van der Waals surface area contributed by atoms with E-state index in [-0.39, 0.29) is 5.91 Å². The molecule has 0 unspecified atom stereocenters. The molecule has 0 atom stereocenters. The number of amides is 1. The summed E-state index contributed by atoms with van der Waals surface area (Å²) in [5.41, 5.74) is 2.21. The van der Waals surface area contributed by atoms with E-state index in [1.165, 1.54) is 10.3 Å². The van der Waals surface area contributed by atoms with E-state index in [0.717, 1.165) is 24.2 Å². The van der Waals surface area contributed by atoms with Gasteiger partial charge in [-0.25, -0.2) is 0 Å². The lowest BCUT2D eigenvalue weighted by Gasteiger charge is -2.10. The van der Waals surface area contributed by atoms with Gasteiger partial charge in [0.15, 0.2) is 0 Å². The molecule has 0 saturated carbocycles. The molecule has 108 valence electrons. The molecule has 3 rings (SSSR count). The van der Waals surface area contributed by atoms with Crippen molar-refractivity contribution in [3.63, 3.8) is 0 Å². The predicted molar refractivity (Wildman–Crippen MR) is 88.6 cm³/mol. The molecule has 2 aromatic heterocycles. The number of aromatic nitrogens is 1. The van der Waals surface area contributed by atoms with Crippen LogP contribution in [-0.2, 0) is 11.3 Å². The van der Waals surface area contributed by atoms with E-state index in [0.29, 0.717) is 6.54 Å². The van der Waals surface area contributed by atoms with Gasteiger partial charge in [0, 0.05) is 17.4 Å².